The summed E-state index contributed by atoms with van der Waals surface area (Å²) in [7, 11) is 0. The molecule has 0 aromatic carbocycles. The first-order chi connectivity index (χ1) is 6.14. The van der Waals surface area contributed by atoms with Gasteiger partial charge < -0.3 is 5.11 Å². The first-order valence-corrected chi connectivity index (χ1v) is 4.62. The Morgan fingerprint density at radius 1 is 1.38 bits per heavy atom. The zero-order valence-electron chi connectivity index (χ0n) is 7.94. The highest BCUT2D eigenvalue weighted by atomic mass is 16.3. The van der Waals surface area contributed by atoms with Crippen LogP contribution in [0.3, 0.4) is 0 Å². The second-order valence-corrected chi connectivity index (χ2v) is 4.02. The fraction of sp³-hybridized carbons (Fsp3) is 0.600. The zero-order chi connectivity index (χ0) is 9.47. The Morgan fingerprint density at radius 2 is 2.00 bits per heavy atom. The van der Waals surface area contributed by atoms with Gasteiger partial charge in [0.1, 0.15) is 6.33 Å². The van der Waals surface area contributed by atoms with Gasteiger partial charge in [0.05, 0.1) is 5.60 Å². The van der Waals surface area contributed by atoms with E-state index in [0.29, 0.717) is 11.8 Å². The van der Waals surface area contributed by atoms with Crippen molar-refractivity contribution in [2.24, 2.45) is 11.8 Å². The molecule has 70 valence electrons. The summed E-state index contributed by atoms with van der Waals surface area (Å²) in [5.41, 5.74) is 0.168. The molecule has 0 bridgehead atoms. The van der Waals surface area contributed by atoms with E-state index >= 15 is 0 Å². The van der Waals surface area contributed by atoms with Gasteiger partial charge in [-0.2, -0.15) is 0 Å². The van der Waals surface area contributed by atoms with E-state index in [1.165, 1.54) is 6.33 Å². The SMILES string of the molecule is CC1CC(O)(c2cncnc2)C1C. The maximum absolute atomic E-state index is 10.2. The van der Waals surface area contributed by atoms with Gasteiger partial charge in [-0.25, -0.2) is 9.97 Å². The summed E-state index contributed by atoms with van der Waals surface area (Å²) < 4.78 is 0. The van der Waals surface area contributed by atoms with Crippen molar-refractivity contribution in [3.8, 4) is 0 Å². The lowest BCUT2D eigenvalue weighted by Crippen LogP contribution is -2.48. The standard InChI is InChI=1S/C10H14N2O/c1-7-3-10(13,8(7)2)9-4-11-6-12-5-9/h4-8,13H,3H2,1-2H3. The van der Waals surface area contributed by atoms with E-state index in [-0.39, 0.29) is 0 Å². The predicted molar refractivity (Wildman–Crippen MR) is 48.9 cm³/mol. The average molecular weight is 178 g/mol. The molecular weight excluding hydrogens is 164 g/mol. The van der Waals surface area contributed by atoms with Crippen LogP contribution in [0.2, 0.25) is 0 Å². The topological polar surface area (TPSA) is 46.0 Å². The van der Waals surface area contributed by atoms with Crippen molar-refractivity contribution >= 4 is 0 Å². The van der Waals surface area contributed by atoms with Crippen molar-refractivity contribution in [1.29, 1.82) is 0 Å². The molecule has 1 N–H and O–H groups in total. The fourth-order valence-electron chi connectivity index (χ4n) is 2.07. The van der Waals surface area contributed by atoms with Crippen LogP contribution in [0.5, 0.6) is 0 Å². The highest BCUT2D eigenvalue weighted by molar-refractivity contribution is 5.20. The molecule has 2 rings (SSSR count). The molecule has 0 radical (unpaired) electrons. The first kappa shape index (κ1) is 8.63. The lowest BCUT2D eigenvalue weighted by molar-refractivity contribution is -0.132. The van der Waals surface area contributed by atoms with Crippen molar-refractivity contribution in [2.75, 3.05) is 0 Å². The second-order valence-electron chi connectivity index (χ2n) is 4.02. The van der Waals surface area contributed by atoms with Gasteiger partial charge in [-0.05, 0) is 18.3 Å². The highest BCUT2D eigenvalue weighted by Gasteiger charge is 2.49. The number of hydrogen-bond acceptors (Lipinski definition) is 3. The third-order valence-corrected chi connectivity index (χ3v) is 3.30. The van der Waals surface area contributed by atoms with Crippen LogP contribution in [-0.4, -0.2) is 15.1 Å². The minimum Gasteiger partial charge on any atom is -0.385 e. The largest absolute Gasteiger partial charge is 0.385 e. The van der Waals surface area contributed by atoms with Crippen LogP contribution >= 0.6 is 0 Å². The van der Waals surface area contributed by atoms with Crippen LogP contribution < -0.4 is 0 Å². The third-order valence-electron chi connectivity index (χ3n) is 3.30. The summed E-state index contributed by atoms with van der Waals surface area (Å²) in [5.74, 6) is 0.892. The average Bonchev–Trinajstić information content (AvgIpc) is 2.19. The molecule has 0 spiro atoms. The molecule has 1 aromatic rings. The van der Waals surface area contributed by atoms with Crippen LogP contribution in [0.25, 0.3) is 0 Å². The monoisotopic (exact) mass is 178 g/mol. The minimum absolute atomic E-state index is 0.304. The van der Waals surface area contributed by atoms with Gasteiger partial charge in [-0.15, -0.1) is 0 Å². The number of aliphatic hydroxyl groups is 1. The predicted octanol–water partition coefficient (Wildman–Crippen LogP) is 1.34. The zero-order valence-corrected chi connectivity index (χ0v) is 7.94. The third kappa shape index (κ3) is 1.15. The van der Waals surface area contributed by atoms with Crippen molar-refractivity contribution in [1.82, 2.24) is 9.97 Å². The van der Waals surface area contributed by atoms with E-state index < -0.39 is 5.60 Å². The van der Waals surface area contributed by atoms with E-state index in [0.717, 1.165) is 12.0 Å². The second kappa shape index (κ2) is 2.77. The summed E-state index contributed by atoms with van der Waals surface area (Å²) in [6.07, 6.45) is 5.71. The molecule has 1 fully saturated rings. The van der Waals surface area contributed by atoms with Crippen molar-refractivity contribution < 1.29 is 5.11 Å². The first-order valence-electron chi connectivity index (χ1n) is 4.62. The lowest BCUT2D eigenvalue weighted by Gasteiger charge is -2.49. The van der Waals surface area contributed by atoms with E-state index in [4.69, 9.17) is 0 Å². The van der Waals surface area contributed by atoms with Crippen molar-refractivity contribution in [3.63, 3.8) is 0 Å². The molecule has 3 heteroatoms. The molecule has 0 aliphatic heterocycles. The number of aromatic nitrogens is 2. The van der Waals surface area contributed by atoms with E-state index in [2.05, 4.69) is 23.8 Å². The van der Waals surface area contributed by atoms with Crippen LogP contribution in [0, 0.1) is 11.8 Å². The molecule has 1 heterocycles. The van der Waals surface area contributed by atoms with Crippen LogP contribution in [0.15, 0.2) is 18.7 Å². The number of nitrogens with zero attached hydrogens (tertiary/aromatic N) is 2. The Hall–Kier alpha value is -0.960. The molecule has 1 aromatic heterocycles. The van der Waals surface area contributed by atoms with Gasteiger partial charge in [0.2, 0.25) is 0 Å². The van der Waals surface area contributed by atoms with Crippen molar-refractivity contribution in [3.05, 3.63) is 24.3 Å². The summed E-state index contributed by atoms with van der Waals surface area (Å²) in [6, 6.07) is 0. The number of rotatable bonds is 1. The molecule has 3 atom stereocenters. The summed E-state index contributed by atoms with van der Waals surface area (Å²) in [6.45, 7) is 4.23. The maximum Gasteiger partial charge on any atom is 0.115 e. The van der Waals surface area contributed by atoms with Crippen LogP contribution in [0.1, 0.15) is 25.8 Å². The van der Waals surface area contributed by atoms with Gasteiger partial charge in [-0.1, -0.05) is 13.8 Å². The molecule has 0 saturated heterocycles. The summed E-state index contributed by atoms with van der Waals surface area (Å²) in [5, 5.41) is 10.2. The Balaban J connectivity index is 2.28. The number of hydrogen-bond donors (Lipinski definition) is 1. The minimum atomic E-state index is -0.680. The van der Waals surface area contributed by atoms with Gasteiger partial charge >= 0.3 is 0 Å². The van der Waals surface area contributed by atoms with Crippen molar-refractivity contribution in [2.45, 2.75) is 25.9 Å². The molecule has 13 heavy (non-hydrogen) atoms. The molecule has 1 aliphatic rings. The molecule has 3 nitrogen and oxygen atoms in total. The Bertz CT molecular complexity index is 301. The van der Waals surface area contributed by atoms with E-state index in [1.54, 1.807) is 12.4 Å². The van der Waals surface area contributed by atoms with E-state index in [9.17, 15) is 5.11 Å². The highest BCUT2D eigenvalue weighted by Crippen LogP contribution is 2.49. The Morgan fingerprint density at radius 3 is 2.46 bits per heavy atom. The molecule has 1 saturated carbocycles. The normalized spacial score (nSPS) is 38.4. The smallest absolute Gasteiger partial charge is 0.115 e. The van der Waals surface area contributed by atoms with Crippen LogP contribution in [-0.2, 0) is 5.60 Å². The van der Waals surface area contributed by atoms with Gasteiger partial charge in [0.25, 0.3) is 0 Å². The maximum atomic E-state index is 10.2. The lowest BCUT2D eigenvalue weighted by atomic mass is 9.60. The fourth-order valence-corrected chi connectivity index (χ4v) is 2.07. The van der Waals surface area contributed by atoms with Gasteiger partial charge in [0, 0.05) is 18.0 Å². The molecular formula is C10H14N2O. The molecule has 0 amide bonds. The summed E-state index contributed by atoms with van der Waals surface area (Å²) in [4.78, 5) is 7.84. The van der Waals surface area contributed by atoms with E-state index in [1.807, 2.05) is 0 Å². The quantitative estimate of drug-likeness (QED) is 0.705. The Labute approximate surface area is 77.8 Å². The summed E-state index contributed by atoms with van der Waals surface area (Å²) >= 11 is 0. The molecule has 1 aliphatic carbocycles. The molecule has 3 unspecified atom stereocenters. The Kier molecular flexibility index (Phi) is 1.84. The van der Waals surface area contributed by atoms with Gasteiger partial charge in [0.15, 0.2) is 0 Å². The van der Waals surface area contributed by atoms with Gasteiger partial charge in [-0.3, -0.25) is 0 Å². The van der Waals surface area contributed by atoms with Crippen LogP contribution in [0.4, 0.5) is 0 Å².